The lowest BCUT2D eigenvalue weighted by molar-refractivity contribution is -0.118. The highest BCUT2D eigenvalue weighted by Gasteiger charge is 2.10. The molecule has 5 nitrogen and oxygen atoms in total. The van der Waals surface area contributed by atoms with Gasteiger partial charge in [0.1, 0.15) is 5.82 Å². The van der Waals surface area contributed by atoms with Crippen LogP contribution in [-0.4, -0.2) is 22.5 Å². The molecule has 128 valence electrons. The summed E-state index contributed by atoms with van der Waals surface area (Å²) < 4.78 is 5.63. The molecule has 0 radical (unpaired) electrons. The van der Waals surface area contributed by atoms with Crippen LogP contribution in [0.5, 0.6) is 5.88 Å². The molecule has 0 spiro atoms. The molecule has 0 bridgehead atoms. The fourth-order valence-corrected chi connectivity index (χ4v) is 2.55. The minimum atomic E-state index is -0.224. The molecule has 0 unspecified atom stereocenters. The van der Waals surface area contributed by atoms with Gasteiger partial charge in [0, 0.05) is 5.69 Å². The maximum absolute atomic E-state index is 12.1. The predicted octanol–water partition coefficient (Wildman–Crippen LogP) is 4.08. The number of ether oxygens (including phenoxy) is 1. The number of hydrogen-bond acceptors (Lipinski definition) is 4. The maximum atomic E-state index is 12.1. The van der Waals surface area contributed by atoms with E-state index in [9.17, 15) is 4.79 Å². The van der Waals surface area contributed by atoms with Crippen molar-refractivity contribution in [1.29, 1.82) is 0 Å². The zero-order valence-electron chi connectivity index (χ0n) is 14.6. The normalized spacial score (nSPS) is 10.9. The second-order valence-electron chi connectivity index (χ2n) is 6.21. The van der Waals surface area contributed by atoms with E-state index >= 15 is 0 Å². The summed E-state index contributed by atoms with van der Waals surface area (Å²) in [6.45, 7) is 5.97. The number of anilines is 1. The lowest BCUT2D eigenvalue weighted by Gasteiger charge is -2.10. The third-order valence-corrected chi connectivity index (χ3v) is 3.88. The van der Waals surface area contributed by atoms with Crippen LogP contribution in [0, 0.1) is 6.92 Å². The lowest BCUT2D eigenvalue weighted by atomic mass is 10.0. The van der Waals surface area contributed by atoms with Crippen LogP contribution in [0.3, 0.4) is 0 Å². The predicted molar refractivity (Wildman–Crippen MR) is 98.9 cm³/mol. The fourth-order valence-electron chi connectivity index (χ4n) is 2.55. The second-order valence-corrected chi connectivity index (χ2v) is 6.21. The van der Waals surface area contributed by atoms with E-state index in [1.807, 2.05) is 48.5 Å². The van der Waals surface area contributed by atoms with Crippen LogP contribution in [0.4, 0.5) is 5.69 Å². The summed E-state index contributed by atoms with van der Waals surface area (Å²) in [5, 5.41) is 3.63. The van der Waals surface area contributed by atoms with Crippen molar-refractivity contribution < 1.29 is 9.53 Å². The SMILES string of the molecule is Cc1nc(OCC(=O)Nc2ccc(C(C)C)cc2)c2ccccc2n1. The van der Waals surface area contributed by atoms with Crippen molar-refractivity contribution in [3.05, 3.63) is 59.9 Å². The van der Waals surface area contributed by atoms with Gasteiger partial charge < -0.3 is 10.1 Å². The Kier molecular flexibility index (Phi) is 4.93. The molecule has 0 aliphatic carbocycles. The summed E-state index contributed by atoms with van der Waals surface area (Å²) in [6, 6.07) is 15.4. The maximum Gasteiger partial charge on any atom is 0.262 e. The van der Waals surface area contributed by atoms with Crippen LogP contribution in [0.15, 0.2) is 48.5 Å². The third kappa shape index (κ3) is 4.12. The monoisotopic (exact) mass is 335 g/mol. The summed E-state index contributed by atoms with van der Waals surface area (Å²) in [5.74, 6) is 1.27. The van der Waals surface area contributed by atoms with Crippen molar-refractivity contribution in [2.24, 2.45) is 0 Å². The smallest absolute Gasteiger partial charge is 0.262 e. The molecular formula is C20H21N3O2. The number of amides is 1. The quantitative estimate of drug-likeness (QED) is 0.763. The Hall–Kier alpha value is -2.95. The molecule has 0 fully saturated rings. The molecule has 3 rings (SSSR count). The average molecular weight is 335 g/mol. The largest absolute Gasteiger partial charge is 0.467 e. The zero-order chi connectivity index (χ0) is 17.8. The Bertz CT molecular complexity index is 889. The molecular weight excluding hydrogens is 314 g/mol. The molecule has 0 saturated heterocycles. The highest BCUT2D eigenvalue weighted by molar-refractivity contribution is 5.92. The standard InChI is InChI=1S/C20H21N3O2/c1-13(2)15-8-10-16(11-9-15)23-19(24)12-25-20-17-6-4-5-7-18(17)21-14(3)22-20/h4-11,13H,12H2,1-3H3,(H,23,24). The number of carbonyl (C=O) groups is 1. The Morgan fingerprint density at radius 3 is 2.52 bits per heavy atom. The first-order valence-electron chi connectivity index (χ1n) is 8.29. The Balaban J connectivity index is 1.66. The van der Waals surface area contributed by atoms with E-state index < -0.39 is 0 Å². The number of para-hydroxylation sites is 1. The molecule has 0 atom stereocenters. The van der Waals surface area contributed by atoms with Gasteiger partial charge in [0.15, 0.2) is 6.61 Å². The number of aryl methyl sites for hydroxylation is 1. The second kappa shape index (κ2) is 7.30. The molecule has 2 aromatic carbocycles. The van der Waals surface area contributed by atoms with Crippen LogP contribution < -0.4 is 10.1 Å². The van der Waals surface area contributed by atoms with Gasteiger partial charge in [-0.25, -0.2) is 4.98 Å². The number of aromatic nitrogens is 2. The van der Waals surface area contributed by atoms with Crippen LogP contribution in [0.2, 0.25) is 0 Å². The number of nitrogens with zero attached hydrogens (tertiary/aromatic N) is 2. The number of nitrogens with one attached hydrogen (secondary N) is 1. The van der Waals surface area contributed by atoms with E-state index in [-0.39, 0.29) is 12.5 Å². The van der Waals surface area contributed by atoms with Crippen molar-refractivity contribution in [3.63, 3.8) is 0 Å². The highest BCUT2D eigenvalue weighted by Crippen LogP contribution is 2.22. The summed E-state index contributed by atoms with van der Waals surface area (Å²) in [5.41, 5.74) is 2.79. The van der Waals surface area contributed by atoms with Gasteiger partial charge in [-0.15, -0.1) is 0 Å². The van der Waals surface area contributed by atoms with E-state index in [2.05, 4.69) is 29.1 Å². The van der Waals surface area contributed by atoms with E-state index in [1.165, 1.54) is 5.56 Å². The first-order valence-corrected chi connectivity index (χ1v) is 8.29. The topological polar surface area (TPSA) is 64.1 Å². The number of fused-ring (bicyclic) bond motifs is 1. The van der Waals surface area contributed by atoms with E-state index in [0.717, 1.165) is 16.6 Å². The van der Waals surface area contributed by atoms with Crippen molar-refractivity contribution >= 4 is 22.5 Å². The van der Waals surface area contributed by atoms with Crippen LogP contribution >= 0.6 is 0 Å². The minimum absolute atomic E-state index is 0.105. The van der Waals surface area contributed by atoms with Crippen LogP contribution in [0.1, 0.15) is 31.2 Å². The number of carbonyl (C=O) groups excluding carboxylic acids is 1. The molecule has 0 aliphatic heterocycles. The van der Waals surface area contributed by atoms with Gasteiger partial charge in [-0.1, -0.05) is 38.1 Å². The van der Waals surface area contributed by atoms with E-state index in [1.54, 1.807) is 6.92 Å². The highest BCUT2D eigenvalue weighted by atomic mass is 16.5. The molecule has 0 aliphatic rings. The Morgan fingerprint density at radius 2 is 1.80 bits per heavy atom. The zero-order valence-corrected chi connectivity index (χ0v) is 14.6. The van der Waals surface area contributed by atoms with E-state index in [4.69, 9.17) is 4.74 Å². The van der Waals surface area contributed by atoms with Gasteiger partial charge in [-0.3, -0.25) is 4.79 Å². The summed E-state index contributed by atoms with van der Waals surface area (Å²) in [7, 11) is 0. The Morgan fingerprint density at radius 1 is 1.08 bits per heavy atom. The first kappa shape index (κ1) is 16.9. The van der Waals surface area contributed by atoms with Gasteiger partial charge in [-0.05, 0) is 42.7 Å². The fraction of sp³-hybridized carbons (Fsp3) is 0.250. The number of benzene rings is 2. The van der Waals surface area contributed by atoms with E-state index in [0.29, 0.717) is 17.6 Å². The van der Waals surface area contributed by atoms with Crippen LogP contribution in [-0.2, 0) is 4.79 Å². The van der Waals surface area contributed by atoms with Crippen molar-refractivity contribution in [2.45, 2.75) is 26.7 Å². The van der Waals surface area contributed by atoms with Gasteiger partial charge in [-0.2, -0.15) is 4.98 Å². The van der Waals surface area contributed by atoms with Gasteiger partial charge >= 0.3 is 0 Å². The molecule has 1 amide bonds. The lowest BCUT2D eigenvalue weighted by Crippen LogP contribution is -2.20. The molecule has 1 aromatic heterocycles. The molecule has 1 N–H and O–H groups in total. The summed E-state index contributed by atoms with van der Waals surface area (Å²) in [6.07, 6.45) is 0. The summed E-state index contributed by atoms with van der Waals surface area (Å²) in [4.78, 5) is 20.8. The average Bonchev–Trinajstić information content (AvgIpc) is 2.60. The van der Waals surface area contributed by atoms with Crippen LogP contribution in [0.25, 0.3) is 10.9 Å². The summed E-state index contributed by atoms with van der Waals surface area (Å²) >= 11 is 0. The van der Waals surface area contributed by atoms with Gasteiger partial charge in [0.25, 0.3) is 5.91 Å². The third-order valence-electron chi connectivity index (χ3n) is 3.88. The number of hydrogen-bond donors (Lipinski definition) is 1. The molecule has 0 saturated carbocycles. The van der Waals surface area contributed by atoms with Crippen molar-refractivity contribution in [1.82, 2.24) is 9.97 Å². The molecule has 1 heterocycles. The molecule has 5 heteroatoms. The van der Waals surface area contributed by atoms with Crippen molar-refractivity contribution in [3.8, 4) is 5.88 Å². The number of rotatable bonds is 5. The first-order chi connectivity index (χ1) is 12.0. The van der Waals surface area contributed by atoms with Gasteiger partial charge in [0.2, 0.25) is 5.88 Å². The molecule has 25 heavy (non-hydrogen) atoms. The Labute approximate surface area is 147 Å². The van der Waals surface area contributed by atoms with Gasteiger partial charge in [0.05, 0.1) is 10.9 Å². The minimum Gasteiger partial charge on any atom is -0.467 e. The molecule has 3 aromatic rings. The van der Waals surface area contributed by atoms with Crippen molar-refractivity contribution in [2.75, 3.05) is 11.9 Å².